The average Bonchev–Trinajstić information content (AvgIpc) is 3.37. The van der Waals surface area contributed by atoms with Crippen molar-refractivity contribution in [1.29, 1.82) is 0 Å². The molecule has 1 saturated carbocycles. The first-order valence-electron chi connectivity index (χ1n) is 12.8. The quantitative estimate of drug-likeness (QED) is 0.201. The van der Waals surface area contributed by atoms with E-state index in [0.717, 1.165) is 29.4 Å². The normalized spacial score (nSPS) is 14.2. The second kappa shape index (κ2) is 12.0. The maximum Gasteiger partial charge on any atom is 0.337 e. The molecule has 12 heteroatoms. The Bertz CT molecular complexity index is 1540. The Morgan fingerprint density at radius 1 is 1.05 bits per heavy atom. The molecule has 3 N–H and O–H groups in total. The molecule has 0 unspecified atom stereocenters. The van der Waals surface area contributed by atoms with Gasteiger partial charge in [-0.3, -0.25) is 4.79 Å². The lowest BCUT2D eigenvalue weighted by Gasteiger charge is -2.21. The van der Waals surface area contributed by atoms with Gasteiger partial charge >= 0.3 is 5.16 Å². The van der Waals surface area contributed by atoms with E-state index in [9.17, 15) is 13.2 Å². The fourth-order valence-corrected chi connectivity index (χ4v) is 6.38. The molecular formula is C27H30N7O3S2+. The van der Waals surface area contributed by atoms with E-state index in [1.54, 1.807) is 25.1 Å². The van der Waals surface area contributed by atoms with Gasteiger partial charge < -0.3 is 5.32 Å². The zero-order valence-corrected chi connectivity index (χ0v) is 23.1. The molecule has 0 aliphatic heterocycles. The van der Waals surface area contributed by atoms with Crippen LogP contribution < -0.4 is 14.6 Å². The van der Waals surface area contributed by atoms with Crippen LogP contribution in [0.1, 0.15) is 43.8 Å². The van der Waals surface area contributed by atoms with Crippen LogP contribution in [0.5, 0.6) is 0 Å². The number of carbonyl (C=O) groups excluding carboxylic acids is 1. The van der Waals surface area contributed by atoms with Crippen LogP contribution in [-0.4, -0.2) is 40.2 Å². The van der Waals surface area contributed by atoms with Crippen LogP contribution in [0.3, 0.4) is 0 Å². The Hall–Kier alpha value is -3.77. The lowest BCUT2D eigenvalue weighted by molar-refractivity contribution is -0.749. The van der Waals surface area contributed by atoms with Gasteiger partial charge in [-0.2, -0.15) is 0 Å². The monoisotopic (exact) mass is 564 g/mol. The minimum Gasteiger partial charge on any atom is -0.325 e. The Kier molecular flexibility index (Phi) is 8.22. The van der Waals surface area contributed by atoms with Gasteiger partial charge in [-0.15, -0.1) is 5.10 Å². The molecule has 5 rings (SSSR count). The number of amides is 1. The molecule has 10 nitrogen and oxygen atoms in total. The van der Waals surface area contributed by atoms with E-state index in [0.29, 0.717) is 17.4 Å². The molecule has 1 fully saturated rings. The number of anilines is 2. The molecule has 202 valence electrons. The average molecular weight is 565 g/mol. The molecule has 0 radical (unpaired) electrons. The number of aromatic nitrogens is 5. The zero-order valence-electron chi connectivity index (χ0n) is 21.5. The molecule has 39 heavy (non-hydrogen) atoms. The largest absolute Gasteiger partial charge is 0.337 e. The van der Waals surface area contributed by atoms with E-state index in [1.807, 2.05) is 18.2 Å². The fourth-order valence-electron chi connectivity index (χ4n) is 4.61. The van der Waals surface area contributed by atoms with Crippen molar-refractivity contribution in [3.63, 3.8) is 0 Å². The van der Waals surface area contributed by atoms with E-state index in [2.05, 4.69) is 46.9 Å². The van der Waals surface area contributed by atoms with Crippen molar-refractivity contribution >= 4 is 39.3 Å². The Morgan fingerprint density at radius 2 is 1.79 bits per heavy atom. The summed E-state index contributed by atoms with van der Waals surface area (Å²) in [6, 6.07) is 18.1. The molecule has 1 amide bonds. The summed E-state index contributed by atoms with van der Waals surface area (Å²) in [6.07, 6.45) is 7.27. The van der Waals surface area contributed by atoms with E-state index in [-0.39, 0.29) is 22.5 Å². The number of rotatable bonds is 9. The van der Waals surface area contributed by atoms with Gasteiger partial charge in [-0.05, 0) is 86.8 Å². The molecule has 1 aliphatic rings. The SMILES string of the molecule is Cc1ccnc(NS(=O)(=O)c2ccc(NC(=O)CSc3n[nH]c(-c4ccccc4)[n+]3C3CCCCC3)cc2)n1. The first kappa shape index (κ1) is 26.8. The summed E-state index contributed by atoms with van der Waals surface area (Å²) in [4.78, 5) is 20.8. The predicted octanol–water partition coefficient (Wildman–Crippen LogP) is 4.50. The first-order chi connectivity index (χ1) is 18.9. The van der Waals surface area contributed by atoms with Gasteiger partial charge in [0.05, 0.1) is 27.4 Å². The predicted molar refractivity (Wildman–Crippen MR) is 150 cm³/mol. The summed E-state index contributed by atoms with van der Waals surface area (Å²) < 4.78 is 30.0. The molecule has 0 atom stereocenters. The van der Waals surface area contributed by atoms with E-state index in [1.165, 1.54) is 49.4 Å². The summed E-state index contributed by atoms with van der Waals surface area (Å²) >= 11 is 1.38. The van der Waals surface area contributed by atoms with Crippen molar-refractivity contribution in [2.75, 3.05) is 15.8 Å². The van der Waals surface area contributed by atoms with E-state index < -0.39 is 10.0 Å². The number of aryl methyl sites for hydroxylation is 1. The fraction of sp³-hybridized carbons (Fsp3) is 0.296. The zero-order chi connectivity index (χ0) is 27.2. The first-order valence-corrected chi connectivity index (χ1v) is 15.3. The number of nitrogens with one attached hydrogen (secondary N) is 3. The number of benzene rings is 2. The molecule has 2 aromatic carbocycles. The minimum absolute atomic E-state index is 0.00339. The standard InChI is InChI=1S/C27H29N7O3S2/c1-19-16-17-28-26(29-19)33-39(36,37)23-14-12-21(13-15-23)30-24(35)18-38-27-32-31-25(20-8-4-2-5-9-20)34(27)22-10-6-3-7-11-22/h2,4-5,8-9,12-17,22H,3,6-7,10-11,18H2,1H3,(H2,28,29,30,33,35)/p+1. The summed E-state index contributed by atoms with van der Waals surface area (Å²) in [6.45, 7) is 1.75. The number of carbonyl (C=O) groups is 1. The van der Waals surface area contributed by atoms with Gasteiger partial charge in [0.25, 0.3) is 15.8 Å². The van der Waals surface area contributed by atoms with Crippen LogP contribution in [0.25, 0.3) is 11.4 Å². The summed E-state index contributed by atoms with van der Waals surface area (Å²) in [5, 5.41) is 11.4. The van der Waals surface area contributed by atoms with Crippen LogP contribution in [0.2, 0.25) is 0 Å². The number of thioether (sulfide) groups is 1. The summed E-state index contributed by atoms with van der Waals surface area (Å²) in [5.41, 5.74) is 2.21. The Balaban J connectivity index is 1.24. The Morgan fingerprint density at radius 3 is 2.51 bits per heavy atom. The molecule has 0 bridgehead atoms. The van der Waals surface area contributed by atoms with E-state index >= 15 is 0 Å². The third-order valence-corrected chi connectivity index (χ3v) is 8.79. The van der Waals surface area contributed by atoms with Crippen LogP contribution in [-0.2, 0) is 14.8 Å². The second-order valence-electron chi connectivity index (χ2n) is 9.37. The molecule has 1 aliphatic carbocycles. The molecule has 0 saturated heterocycles. The number of hydrogen-bond acceptors (Lipinski definition) is 7. The third-order valence-electron chi connectivity index (χ3n) is 6.49. The lowest BCUT2D eigenvalue weighted by Crippen LogP contribution is -2.43. The highest BCUT2D eigenvalue weighted by Gasteiger charge is 2.30. The van der Waals surface area contributed by atoms with Crippen LogP contribution in [0.4, 0.5) is 11.6 Å². The van der Waals surface area contributed by atoms with Gasteiger partial charge in [0, 0.05) is 17.6 Å². The summed E-state index contributed by atoms with van der Waals surface area (Å²) in [5.74, 6) is 0.912. The van der Waals surface area contributed by atoms with Crippen molar-refractivity contribution in [2.45, 2.75) is 55.1 Å². The second-order valence-corrected chi connectivity index (χ2v) is 12.0. The topological polar surface area (TPSA) is 134 Å². The van der Waals surface area contributed by atoms with E-state index in [4.69, 9.17) is 0 Å². The molecule has 2 aromatic heterocycles. The molecule has 2 heterocycles. The van der Waals surface area contributed by atoms with Crippen LogP contribution in [0.15, 0.2) is 76.9 Å². The number of hydrogen-bond donors (Lipinski definition) is 3. The summed E-state index contributed by atoms with van der Waals surface area (Å²) in [7, 11) is -3.86. The van der Waals surface area contributed by atoms with Crippen molar-refractivity contribution < 1.29 is 17.8 Å². The number of H-pyrrole nitrogens is 1. The van der Waals surface area contributed by atoms with Gasteiger partial charge in [0.1, 0.15) is 0 Å². The maximum absolute atomic E-state index is 12.8. The molecule has 0 spiro atoms. The van der Waals surface area contributed by atoms with Crippen molar-refractivity contribution in [3.8, 4) is 11.4 Å². The Labute approximate surface area is 231 Å². The van der Waals surface area contributed by atoms with Crippen molar-refractivity contribution in [2.24, 2.45) is 0 Å². The lowest BCUT2D eigenvalue weighted by atomic mass is 9.95. The van der Waals surface area contributed by atoms with Gasteiger partial charge in [-0.1, -0.05) is 24.6 Å². The number of nitrogens with zero attached hydrogens (tertiary/aromatic N) is 4. The van der Waals surface area contributed by atoms with Crippen LogP contribution >= 0.6 is 11.8 Å². The molecule has 4 aromatic rings. The van der Waals surface area contributed by atoms with Gasteiger partial charge in [0.2, 0.25) is 11.9 Å². The van der Waals surface area contributed by atoms with Crippen molar-refractivity contribution in [3.05, 3.63) is 72.6 Å². The van der Waals surface area contributed by atoms with Gasteiger partial charge in [0.15, 0.2) is 0 Å². The number of aromatic amines is 1. The minimum atomic E-state index is -3.86. The van der Waals surface area contributed by atoms with Crippen LogP contribution in [0, 0.1) is 6.92 Å². The van der Waals surface area contributed by atoms with Gasteiger partial charge in [-0.25, -0.2) is 27.7 Å². The molecular weight excluding hydrogens is 534 g/mol. The number of sulfonamides is 1. The highest BCUT2D eigenvalue weighted by molar-refractivity contribution is 7.99. The third kappa shape index (κ3) is 6.63. The highest BCUT2D eigenvalue weighted by atomic mass is 32.2. The van der Waals surface area contributed by atoms with Crippen molar-refractivity contribution in [1.82, 2.24) is 20.2 Å². The highest BCUT2D eigenvalue weighted by Crippen LogP contribution is 2.29. The smallest absolute Gasteiger partial charge is 0.325 e. The maximum atomic E-state index is 12.8.